The van der Waals surface area contributed by atoms with E-state index in [1.54, 1.807) is 5.57 Å². The van der Waals surface area contributed by atoms with Crippen LogP contribution in [-0.4, -0.2) is 0 Å². The Balaban J connectivity index is 2.44. The Morgan fingerprint density at radius 2 is 2.36 bits per heavy atom. The molecule has 0 aromatic carbocycles. The van der Waals surface area contributed by atoms with E-state index in [4.69, 9.17) is 0 Å². The Bertz CT molecular complexity index is 153. The van der Waals surface area contributed by atoms with Gasteiger partial charge in [-0.25, -0.2) is 0 Å². The molecule has 1 aliphatic carbocycles. The smallest absolute Gasteiger partial charge is 0.0233 e. The van der Waals surface area contributed by atoms with E-state index in [1.807, 2.05) is 0 Å². The molecule has 11 heavy (non-hydrogen) atoms. The van der Waals surface area contributed by atoms with Crippen LogP contribution < -0.4 is 0 Å². The monoisotopic (exact) mass is 150 g/mol. The number of hydrogen-bond donors (Lipinski definition) is 0. The molecule has 0 heteroatoms. The minimum absolute atomic E-state index is 0.777. The molecule has 62 valence electrons. The number of rotatable bonds is 1. The molecule has 0 heterocycles. The quantitative estimate of drug-likeness (QED) is 0.500. The average Bonchev–Trinajstić information content (AvgIpc) is 1.98. The lowest BCUT2D eigenvalue weighted by Gasteiger charge is -2.14. The summed E-state index contributed by atoms with van der Waals surface area (Å²) in [5.41, 5.74) is 1.57. The summed E-state index contributed by atoms with van der Waals surface area (Å²) in [5.74, 6) is 0.777. The molecule has 0 saturated heterocycles. The van der Waals surface area contributed by atoms with E-state index in [2.05, 4.69) is 25.7 Å². The van der Waals surface area contributed by atoms with Crippen molar-refractivity contribution in [2.24, 2.45) is 5.92 Å². The van der Waals surface area contributed by atoms with Crippen LogP contribution in [0.2, 0.25) is 0 Å². The van der Waals surface area contributed by atoms with E-state index < -0.39 is 0 Å². The minimum Gasteiger partial charge on any atom is -0.103 e. The summed E-state index contributed by atoms with van der Waals surface area (Å²) in [6.07, 6.45) is 11.1. The standard InChI is InChI=1S/C11H18/c1-3-11-7-5-4-6-10(2)8-9-11/h3,6,11H,1,4-5,7-9H2,2H3. The molecule has 0 N–H and O–H groups in total. The molecule has 0 nitrogen and oxygen atoms in total. The Morgan fingerprint density at radius 1 is 1.55 bits per heavy atom. The van der Waals surface area contributed by atoms with Gasteiger partial charge in [0.2, 0.25) is 0 Å². The summed E-state index contributed by atoms with van der Waals surface area (Å²) in [5, 5.41) is 0. The molecular formula is C11H18. The third-order valence-corrected chi connectivity index (χ3v) is 2.51. The molecule has 0 amide bonds. The first-order chi connectivity index (χ1) is 5.33. The maximum absolute atomic E-state index is 3.86. The van der Waals surface area contributed by atoms with Gasteiger partial charge in [0.25, 0.3) is 0 Å². The van der Waals surface area contributed by atoms with Gasteiger partial charge in [0, 0.05) is 0 Å². The van der Waals surface area contributed by atoms with Crippen molar-refractivity contribution in [3.8, 4) is 0 Å². The van der Waals surface area contributed by atoms with E-state index in [0.29, 0.717) is 0 Å². The first-order valence-corrected chi connectivity index (χ1v) is 4.61. The normalized spacial score (nSPS) is 26.6. The Morgan fingerprint density at radius 3 is 3.09 bits per heavy atom. The van der Waals surface area contributed by atoms with Crippen LogP contribution in [0, 0.1) is 5.92 Å². The zero-order valence-electron chi connectivity index (χ0n) is 7.47. The lowest BCUT2D eigenvalue weighted by atomic mass is 9.92. The van der Waals surface area contributed by atoms with Crippen molar-refractivity contribution in [1.82, 2.24) is 0 Å². The molecule has 1 aliphatic rings. The number of hydrogen-bond acceptors (Lipinski definition) is 0. The van der Waals surface area contributed by atoms with Gasteiger partial charge < -0.3 is 0 Å². The average molecular weight is 150 g/mol. The highest BCUT2D eigenvalue weighted by Crippen LogP contribution is 2.22. The first-order valence-electron chi connectivity index (χ1n) is 4.61. The van der Waals surface area contributed by atoms with Gasteiger partial charge in [0.1, 0.15) is 0 Å². The van der Waals surface area contributed by atoms with Gasteiger partial charge in [-0.15, -0.1) is 6.58 Å². The third-order valence-electron chi connectivity index (χ3n) is 2.51. The molecule has 0 aromatic heterocycles. The summed E-state index contributed by atoms with van der Waals surface area (Å²) in [7, 11) is 0. The van der Waals surface area contributed by atoms with Crippen molar-refractivity contribution in [3.63, 3.8) is 0 Å². The summed E-state index contributed by atoms with van der Waals surface area (Å²) < 4.78 is 0. The molecule has 0 saturated carbocycles. The van der Waals surface area contributed by atoms with E-state index in [-0.39, 0.29) is 0 Å². The fraction of sp³-hybridized carbons (Fsp3) is 0.636. The molecule has 0 spiro atoms. The summed E-state index contributed by atoms with van der Waals surface area (Å²) in [6, 6.07) is 0. The summed E-state index contributed by atoms with van der Waals surface area (Å²) >= 11 is 0. The van der Waals surface area contributed by atoms with Crippen LogP contribution in [0.4, 0.5) is 0 Å². The van der Waals surface area contributed by atoms with Crippen LogP contribution in [0.3, 0.4) is 0 Å². The van der Waals surface area contributed by atoms with Gasteiger partial charge in [-0.05, 0) is 44.9 Å². The lowest BCUT2D eigenvalue weighted by Crippen LogP contribution is -1.99. The van der Waals surface area contributed by atoms with E-state index in [9.17, 15) is 0 Å². The molecule has 1 atom stereocenters. The van der Waals surface area contributed by atoms with Crippen molar-refractivity contribution in [2.45, 2.75) is 39.0 Å². The molecule has 1 unspecified atom stereocenters. The fourth-order valence-electron chi connectivity index (χ4n) is 1.62. The Hall–Kier alpha value is -0.520. The SMILES string of the molecule is C=CC1CCCC=C(C)CC1. The van der Waals surface area contributed by atoms with Crippen LogP contribution in [0.5, 0.6) is 0 Å². The van der Waals surface area contributed by atoms with Gasteiger partial charge in [-0.1, -0.05) is 17.7 Å². The Kier molecular flexibility index (Phi) is 3.41. The fourth-order valence-corrected chi connectivity index (χ4v) is 1.62. The van der Waals surface area contributed by atoms with E-state index >= 15 is 0 Å². The molecule has 1 rings (SSSR count). The molecular weight excluding hydrogens is 132 g/mol. The summed E-state index contributed by atoms with van der Waals surface area (Å²) in [4.78, 5) is 0. The maximum Gasteiger partial charge on any atom is -0.0233 e. The second kappa shape index (κ2) is 4.38. The van der Waals surface area contributed by atoms with Crippen molar-refractivity contribution >= 4 is 0 Å². The molecule has 0 aromatic rings. The number of allylic oxidation sites excluding steroid dienone is 3. The summed E-state index contributed by atoms with van der Waals surface area (Å²) in [6.45, 7) is 6.10. The van der Waals surface area contributed by atoms with Crippen LogP contribution in [0.1, 0.15) is 39.0 Å². The van der Waals surface area contributed by atoms with E-state index in [1.165, 1.54) is 32.1 Å². The third kappa shape index (κ3) is 2.92. The van der Waals surface area contributed by atoms with Crippen molar-refractivity contribution in [3.05, 3.63) is 24.3 Å². The highest BCUT2D eigenvalue weighted by atomic mass is 14.1. The minimum atomic E-state index is 0.777. The van der Waals surface area contributed by atoms with Crippen LogP contribution >= 0.6 is 0 Å². The molecule has 0 fully saturated rings. The second-order valence-corrected chi connectivity index (χ2v) is 3.52. The topological polar surface area (TPSA) is 0 Å². The highest BCUT2D eigenvalue weighted by Gasteiger charge is 2.06. The lowest BCUT2D eigenvalue weighted by molar-refractivity contribution is 0.513. The van der Waals surface area contributed by atoms with E-state index in [0.717, 1.165) is 5.92 Å². The Labute approximate surface area is 70.0 Å². The van der Waals surface area contributed by atoms with Gasteiger partial charge in [0.05, 0.1) is 0 Å². The zero-order chi connectivity index (χ0) is 8.10. The van der Waals surface area contributed by atoms with Crippen LogP contribution in [0.25, 0.3) is 0 Å². The predicted octanol–water partition coefficient (Wildman–Crippen LogP) is 3.70. The zero-order valence-corrected chi connectivity index (χ0v) is 7.47. The van der Waals surface area contributed by atoms with Crippen molar-refractivity contribution < 1.29 is 0 Å². The second-order valence-electron chi connectivity index (χ2n) is 3.52. The largest absolute Gasteiger partial charge is 0.103 e. The maximum atomic E-state index is 3.86. The van der Waals surface area contributed by atoms with Crippen LogP contribution in [-0.2, 0) is 0 Å². The van der Waals surface area contributed by atoms with Crippen molar-refractivity contribution in [1.29, 1.82) is 0 Å². The van der Waals surface area contributed by atoms with Gasteiger partial charge >= 0.3 is 0 Å². The van der Waals surface area contributed by atoms with Gasteiger partial charge in [0.15, 0.2) is 0 Å². The predicted molar refractivity (Wildman–Crippen MR) is 50.5 cm³/mol. The van der Waals surface area contributed by atoms with Crippen molar-refractivity contribution in [2.75, 3.05) is 0 Å². The first kappa shape index (κ1) is 8.58. The molecule has 0 radical (unpaired) electrons. The molecule has 0 bridgehead atoms. The van der Waals surface area contributed by atoms with Crippen LogP contribution in [0.15, 0.2) is 24.3 Å². The highest BCUT2D eigenvalue weighted by molar-refractivity contribution is 5.00. The molecule has 0 aliphatic heterocycles. The van der Waals surface area contributed by atoms with Gasteiger partial charge in [-0.3, -0.25) is 0 Å². The van der Waals surface area contributed by atoms with Gasteiger partial charge in [-0.2, -0.15) is 0 Å².